The Kier molecular flexibility index (Phi) is 9.20. The summed E-state index contributed by atoms with van der Waals surface area (Å²) in [5.74, 6) is 0.906. The van der Waals surface area contributed by atoms with Crippen molar-refractivity contribution in [2.75, 3.05) is 25.6 Å². The summed E-state index contributed by atoms with van der Waals surface area (Å²) < 4.78 is 22.9. The molecule has 0 bridgehead atoms. The average Bonchev–Trinajstić information content (AvgIpc) is 2.62. The van der Waals surface area contributed by atoms with Gasteiger partial charge in [-0.3, -0.25) is 4.99 Å². The SMILES string of the molecule is CN=C(NCC(C)(C)CCS(C)(=O)=O)NC(C)c1cccc2ccccc12.I. The summed E-state index contributed by atoms with van der Waals surface area (Å²) in [7, 11) is -1.21. The summed E-state index contributed by atoms with van der Waals surface area (Å²) in [6.45, 7) is 6.88. The smallest absolute Gasteiger partial charge is 0.191 e. The van der Waals surface area contributed by atoms with Crippen LogP contribution in [0.2, 0.25) is 0 Å². The number of hydrogen-bond donors (Lipinski definition) is 2. The quantitative estimate of drug-likeness (QED) is 0.329. The minimum atomic E-state index is -2.95. The number of benzene rings is 2. The van der Waals surface area contributed by atoms with Crippen molar-refractivity contribution in [3.63, 3.8) is 0 Å². The molecule has 2 aromatic rings. The Balaban J connectivity index is 0.00000392. The topological polar surface area (TPSA) is 70.6 Å². The number of aliphatic imine (C=N–C) groups is 1. The fourth-order valence-corrected chi connectivity index (χ4v) is 3.90. The predicted molar refractivity (Wildman–Crippen MR) is 130 cm³/mol. The highest BCUT2D eigenvalue weighted by Crippen LogP contribution is 2.24. The Hall–Kier alpha value is -1.35. The van der Waals surface area contributed by atoms with Gasteiger partial charge in [0.1, 0.15) is 9.84 Å². The molecule has 7 heteroatoms. The molecular weight excluding hydrogens is 485 g/mol. The molecule has 2 rings (SSSR count). The highest BCUT2D eigenvalue weighted by Gasteiger charge is 2.21. The van der Waals surface area contributed by atoms with Gasteiger partial charge in [-0.1, -0.05) is 56.3 Å². The largest absolute Gasteiger partial charge is 0.356 e. The normalized spacial score (nSPS) is 13.7. The number of fused-ring (bicyclic) bond motifs is 1. The number of nitrogens with one attached hydrogen (secondary N) is 2. The van der Waals surface area contributed by atoms with Gasteiger partial charge in [0.15, 0.2) is 5.96 Å². The molecule has 0 radical (unpaired) electrons. The molecule has 0 spiro atoms. The van der Waals surface area contributed by atoms with E-state index in [2.05, 4.69) is 72.8 Å². The Bertz CT molecular complexity index is 906. The van der Waals surface area contributed by atoms with Gasteiger partial charge in [-0.15, -0.1) is 24.0 Å². The second-order valence-corrected chi connectivity index (χ2v) is 10.2. The maximum absolute atomic E-state index is 11.4. The predicted octanol–water partition coefficient (Wildman–Crippen LogP) is 4.14. The molecule has 2 aromatic carbocycles. The lowest BCUT2D eigenvalue weighted by atomic mass is 9.90. The molecule has 2 N–H and O–H groups in total. The van der Waals surface area contributed by atoms with Gasteiger partial charge in [0.05, 0.1) is 11.8 Å². The molecule has 0 aliphatic heterocycles. The zero-order valence-electron chi connectivity index (χ0n) is 17.3. The standard InChI is InChI=1S/C21H31N3O2S.HI/c1-16(18-12-8-10-17-9-6-7-11-19(17)18)24-20(22-4)23-15-21(2,3)13-14-27(5,25)26;/h6-12,16H,13-15H2,1-5H3,(H2,22,23,24);1H. The number of rotatable bonds is 7. The van der Waals surface area contributed by atoms with Gasteiger partial charge in [-0.2, -0.15) is 0 Å². The molecule has 0 aliphatic rings. The zero-order chi connectivity index (χ0) is 20.1. The van der Waals surface area contributed by atoms with Crippen LogP contribution in [0.3, 0.4) is 0 Å². The summed E-state index contributed by atoms with van der Waals surface area (Å²) in [4.78, 5) is 4.32. The second-order valence-electron chi connectivity index (χ2n) is 7.90. The van der Waals surface area contributed by atoms with Crippen LogP contribution in [0.15, 0.2) is 47.5 Å². The van der Waals surface area contributed by atoms with E-state index < -0.39 is 9.84 Å². The van der Waals surface area contributed by atoms with Crippen molar-refractivity contribution in [3.8, 4) is 0 Å². The van der Waals surface area contributed by atoms with Crippen molar-refractivity contribution < 1.29 is 8.42 Å². The van der Waals surface area contributed by atoms with E-state index in [9.17, 15) is 8.42 Å². The summed E-state index contributed by atoms with van der Waals surface area (Å²) in [6.07, 6.45) is 1.89. The Morgan fingerprint density at radius 3 is 2.43 bits per heavy atom. The average molecular weight is 517 g/mol. The van der Waals surface area contributed by atoms with E-state index in [4.69, 9.17) is 0 Å². The van der Waals surface area contributed by atoms with E-state index in [0.717, 1.165) is 0 Å². The van der Waals surface area contributed by atoms with Crippen LogP contribution in [-0.4, -0.2) is 40.0 Å². The minimum Gasteiger partial charge on any atom is -0.356 e. The van der Waals surface area contributed by atoms with Gasteiger partial charge in [0.2, 0.25) is 0 Å². The Morgan fingerprint density at radius 2 is 1.79 bits per heavy atom. The molecular formula is C21H32IN3O2S. The lowest BCUT2D eigenvalue weighted by Gasteiger charge is -2.27. The van der Waals surface area contributed by atoms with Crippen molar-refractivity contribution in [3.05, 3.63) is 48.0 Å². The van der Waals surface area contributed by atoms with Crippen molar-refractivity contribution in [1.82, 2.24) is 10.6 Å². The van der Waals surface area contributed by atoms with Gasteiger partial charge >= 0.3 is 0 Å². The van der Waals surface area contributed by atoms with Crippen LogP contribution in [-0.2, 0) is 9.84 Å². The molecule has 0 saturated carbocycles. The molecule has 0 aliphatic carbocycles. The van der Waals surface area contributed by atoms with Crippen molar-refractivity contribution in [1.29, 1.82) is 0 Å². The fraction of sp³-hybridized carbons (Fsp3) is 0.476. The number of nitrogens with zero attached hydrogens (tertiary/aromatic N) is 1. The van der Waals surface area contributed by atoms with E-state index in [1.807, 2.05) is 6.07 Å². The van der Waals surface area contributed by atoms with Crippen molar-refractivity contribution in [2.24, 2.45) is 10.4 Å². The lowest BCUT2D eigenvalue weighted by molar-refractivity contribution is 0.348. The molecule has 0 amide bonds. The van der Waals surface area contributed by atoms with E-state index in [0.29, 0.717) is 18.9 Å². The first-order valence-electron chi connectivity index (χ1n) is 9.24. The number of guanidine groups is 1. The van der Waals surface area contributed by atoms with Crippen LogP contribution < -0.4 is 10.6 Å². The van der Waals surface area contributed by atoms with E-state index in [-0.39, 0.29) is 41.2 Å². The summed E-state index contributed by atoms with van der Waals surface area (Å²) in [6, 6.07) is 14.7. The number of hydrogen-bond acceptors (Lipinski definition) is 3. The monoisotopic (exact) mass is 517 g/mol. The lowest BCUT2D eigenvalue weighted by Crippen LogP contribution is -2.43. The van der Waals surface area contributed by atoms with E-state index in [1.165, 1.54) is 22.6 Å². The Morgan fingerprint density at radius 1 is 1.14 bits per heavy atom. The molecule has 28 heavy (non-hydrogen) atoms. The van der Waals surface area contributed by atoms with Gasteiger partial charge in [-0.25, -0.2) is 8.42 Å². The van der Waals surface area contributed by atoms with E-state index >= 15 is 0 Å². The number of sulfone groups is 1. The zero-order valence-corrected chi connectivity index (χ0v) is 20.5. The first-order chi connectivity index (χ1) is 12.6. The number of halogens is 1. The second kappa shape index (κ2) is 10.4. The molecule has 0 heterocycles. The highest BCUT2D eigenvalue weighted by molar-refractivity contribution is 14.0. The molecule has 156 valence electrons. The Labute approximate surface area is 186 Å². The van der Waals surface area contributed by atoms with E-state index in [1.54, 1.807) is 7.05 Å². The third-order valence-electron chi connectivity index (χ3n) is 4.75. The molecule has 1 unspecified atom stereocenters. The molecule has 0 fully saturated rings. The van der Waals surface area contributed by atoms with Crippen LogP contribution in [0, 0.1) is 5.41 Å². The third-order valence-corrected chi connectivity index (χ3v) is 5.70. The minimum absolute atomic E-state index is 0. The first-order valence-corrected chi connectivity index (χ1v) is 11.3. The van der Waals surface area contributed by atoms with Crippen LogP contribution in [0.4, 0.5) is 0 Å². The van der Waals surface area contributed by atoms with Gasteiger partial charge in [0.25, 0.3) is 0 Å². The summed E-state index contributed by atoms with van der Waals surface area (Å²) in [5.41, 5.74) is 1.07. The molecule has 0 aromatic heterocycles. The van der Waals surface area contributed by atoms with Gasteiger partial charge in [-0.05, 0) is 35.1 Å². The van der Waals surface area contributed by atoms with Crippen LogP contribution in [0.1, 0.15) is 38.8 Å². The molecule has 5 nitrogen and oxygen atoms in total. The van der Waals surface area contributed by atoms with Crippen LogP contribution in [0.25, 0.3) is 10.8 Å². The maximum Gasteiger partial charge on any atom is 0.191 e. The van der Waals surface area contributed by atoms with Crippen LogP contribution >= 0.6 is 24.0 Å². The fourth-order valence-electron chi connectivity index (χ4n) is 2.98. The van der Waals surface area contributed by atoms with Crippen molar-refractivity contribution in [2.45, 2.75) is 33.2 Å². The van der Waals surface area contributed by atoms with Gasteiger partial charge < -0.3 is 10.6 Å². The molecule has 0 saturated heterocycles. The van der Waals surface area contributed by atoms with Crippen LogP contribution in [0.5, 0.6) is 0 Å². The highest BCUT2D eigenvalue weighted by atomic mass is 127. The van der Waals surface area contributed by atoms with Crippen molar-refractivity contribution >= 4 is 50.5 Å². The summed E-state index contributed by atoms with van der Waals surface area (Å²) >= 11 is 0. The maximum atomic E-state index is 11.4. The van der Waals surface area contributed by atoms with Gasteiger partial charge in [0, 0.05) is 19.8 Å². The first kappa shape index (κ1) is 24.7. The third kappa shape index (κ3) is 7.58. The summed E-state index contributed by atoms with van der Waals surface area (Å²) in [5, 5.41) is 9.22. The molecule has 1 atom stereocenters.